The van der Waals surface area contributed by atoms with Crippen LogP contribution in [0.2, 0.25) is 0 Å². The Labute approximate surface area is 164 Å². The minimum atomic E-state index is -0.965. The molecule has 3 aromatic rings. The first kappa shape index (κ1) is 19.1. The van der Waals surface area contributed by atoms with E-state index >= 15 is 0 Å². The summed E-state index contributed by atoms with van der Waals surface area (Å²) in [5.41, 5.74) is 3.19. The minimum absolute atomic E-state index is 0.304. The number of carboxylic acid groups (broad SMARTS) is 1. The van der Waals surface area contributed by atoms with Crippen molar-refractivity contribution in [2.75, 3.05) is 0 Å². The molecule has 1 atom stereocenters. The average molecular weight is 378 g/mol. The molecule has 0 unspecified atom stereocenters. The van der Waals surface area contributed by atoms with E-state index in [2.05, 4.69) is 0 Å². The average Bonchev–Trinajstić information content (AvgIpc) is 2.66. The van der Waals surface area contributed by atoms with Gasteiger partial charge in [0.1, 0.15) is 5.75 Å². The number of ether oxygens (including phenoxy) is 1. The van der Waals surface area contributed by atoms with Gasteiger partial charge in [-0.3, -0.25) is 0 Å². The maximum absolute atomic E-state index is 11.8. The number of aryl methyl sites for hydroxylation is 2. The molecule has 4 heteroatoms. The van der Waals surface area contributed by atoms with E-state index in [1.165, 1.54) is 0 Å². The van der Waals surface area contributed by atoms with Crippen molar-refractivity contribution in [3.63, 3.8) is 0 Å². The molecule has 0 saturated carbocycles. The van der Waals surface area contributed by atoms with E-state index in [-0.39, 0.29) is 0 Å². The Kier molecular flexibility index (Phi) is 6.20. The van der Waals surface area contributed by atoms with Gasteiger partial charge in [-0.1, -0.05) is 54.2 Å². The summed E-state index contributed by atoms with van der Waals surface area (Å²) in [6.45, 7) is 4.01. The van der Waals surface area contributed by atoms with Crippen molar-refractivity contribution in [2.45, 2.75) is 36.2 Å². The second kappa shape index (κ2) is 8.78. The smallest absolute Gasteiger partial charge is 0.345 e. The predicted octanol–water partition coefficient (Wildman–Crippen LogP) is 5.53. The molecular weight excluding hydrogens is 356 g/mol. The number of benzene rings is 3. The van der Waals surface area contributed by atoms with Crippen molar-refractivity contribution in [1.29, 1.82) is 0 Å². The van der Waals surface area contributed by atoms with Gasteiger partial charge < -0.3 is 9.84 Å². The molecule has 3 nitrogen and oxygen atoms in total. The molecule has 3 aromatic carbocycles. The number of hydrogen-bond donors (Lipinski definition) is 1. The van der Waals surface area contributed by atoms with Gasteiger partial charge in [0.25, 0.3) is 0 Å². The summed E-state index contributed by atoms with van der Waals surface area (Å²) in [4.78, 5) is 14.0. The monoisotopic (exact) mass is 378 g/mol. The first-order chi connectivity index (χ1) is 13.0. The molecule has 3 rings (SSSR count). The maximum atomic E-state index is 11.8. The lowest BCUT2D eigenvalue weighted by atomic mass is 10.1. The van der Waals surface area contributed by atoms with Gasteiger partial charge in [-0.2, -0.15) is 0 Å². The zero-order valence-electron chi connectivity index (χ0n) is 15.4. The minimum Gasteiger partial charge on any atom is -0.478 e. The molecule has 0 aromatic heterocycles. The Morgan fingerprint density at radius 2 is 1.67 bits per heavy atom. The molecule has 0 amide bonds. The molecule has 0 aliphatic rings. The van der Waals surface area contributed by atoms with Gasteiger partial charge in [-0.05, 0) is 60.9 Å². The van der Waals surface area contributed by atoms with Crippen LogP contribution in [-0.2, 0) is 11.2 Å². The fourth-order valence-electron chi connectivity index (χ4n) is 2.72. The van der Waals surface area contributed by atoms with Crippen LogP contribution in [0, 0.1) is 13.8 Å². The summed E-state index contributed by atoms with van der Waals surface area (Å²) < 4.78 is 5.81. The Bertz CT molecular complexity index is 922. The van der Waals surface area contributed by atoms with E-state index in [1.807, 2.05) is 86.6 Å². The van der Waals surface area contributed by atoms with E-state index in [0.29, 0.717) is 12.2 Å². The zero-order chi connectivity index (χ0) is 19.2. The maximum Gasteiger partial charge on any atom is 0.345 e. The first-order valence-electron chi connectivity index (χ1n) is 8.80. The van der Waals surface area contributed by atoms with Crippen molar-refractivity contribution in [2.24, 2.45) is 0 Å². The summed E-state index contributed by atoms with van der Waals surface area (Å²) >= 11 is 1.63. The Morgan fingerprint density at radius 1 is 0.963 bits per heavy atom. The number of rotatable bonds is 7. The number of aliphatic carboxylic acids is 1. The highest BCUT2D eigenvalue weighted by Crippen LogP contribution is 2.31. The number of hydrogen-bond acceptors (Lipinski definition) is 3. The molecule has 138 valence electrons. The van der Waals surface area contributed by atoms with Crippen molar-refractivity contribution in [3.05, 3.63) is 89.5 Å². The third-order valence-corrected chi connectivity index (χ3v) is 5.51. The van der Waals surface area contributed by atoms with E-state index < -0.39 is 12.1 Å². The summed E-state index contributed by atoms with van der Waals surface area (Å²) in [5, 5.41) is 9.67. The molecule has 0 saturated heterocycles. The van der Waals surface area contributed by atoms with Gasteiger partial charge in [-0.25, -0.2) is 4.79 Å². The highest BCUT2D eigenvalue weighted by atomic mass is 32.2. The largest absolute Gasteiger partial charge is 0.478 e. The van der Waals surface area contributed by atoms with Gasteiger partial charge in [0, 0.05) is 16.2 Å². The van der Waals surface area contributed by atoms with Crippen LogP contribution in [0.4, 0.5) is 0 Å². The molecule has 0 aliphatic heterocycles. The van der Waals surface area contributed by atoms with E-state index in [1.54, 1.807) is 11.8 Å². The summed E-state index contributed by atoms with van der Waals surface area (Å²) in [6, 6.07) is 23.6. The van der Waals surface area contributed by atoms with Crippen LogP contribution in [-0.4, -0.2) is 17.2 Å². The molecule has 27 heavy (non-hydrogen) atoms. The van der Waals surface area contributed by atoms with Crippen molar-refractivity contribution < 1.29 is 14.6 Å². The van der Waals surface area contributed by atoms with Gasteiger partial charge in [-0.15, -0.1) is 0 Å². The SMILES string of the molecule is Cc1ccc(O[C@H](Cc2ccccc2Sc2ccccc2)C(=O)O)cc1C. The van der Waals surface area contributed by atoms with Crippen molar-refractivity contribution in [1.82, 2.24) is 0 Å². The second-order valence-electron chi connectivity index (χ2n) is 6.42. The van der Waals surface area contributed by atoms with Crippen molar-refractivity contribution in [3.8, 4) is 5.75 Å². The lowest BCUT2D eigenvalue weighted by molar-refractivity contribution is -0.145. The van der Waals surface area contributed by atoms with Gasteiger partial charge in [0.15, 0.2) is 6.10 Å². The number of carbonyl (C=O) groups is 1. The van der Waals surface area contributed by atoms with E-state index in [4.69, 9.17) is 4.74 Å². The predicted molar refractivity (Wildman–Crippen MR) is 109 cm³/mol. The van der Waals surface area contributed by atoms with Gasteiger partial charge in [0.05, 0.1) is 0 Å². The van der Waals surface area contributed by atoms with Crippen molar-refractivity contribution >= 4 is 17.7 Å². The molecular formula is C23H22O3S. The highest BCUT2D eigenvalue weighted by molar-refractivity contribution is 7.99. The van der Waals surface area contributed by atoms with Gasteiger partial charge >= 0.3 is 5.97 Å². The Morgan fingerprint density at radius 3 is 2.37 bits per heavy atom. The zero-order valence-corrected chi connectivity index (χ0v) is 16.2. The fraction of sp³-hybridized carbons (Fsp3) is 0.174. The molecule has 1 N–H and O–H groups in total. The van der Waals surface area contributed by atoms with E-state index in [0.717, 1.165) is 26.5 Å². The van der Waals surface area contributed by atoms with E-state index in [9.17, 15) is 9.90 Å². The molecule has 0 fully saturated rings. The second-order valence-corrected chi connectivity index (χ2v) is 7.53. The number of carboxylic acids is 1. The van der Waals surface area contributed by atoms with Crippen LogP contribution in [0.1, 0.15) is 16.7 Å². The van der Waals surface area contributed by atoms with Crippen LogP contribution >= 0.6 is 11.8 Å². The van der Waals surface area contributed by atoms with Crippen LogP contribution in [0.3, 0.4) is 0 Å². The summed E-state index contributed by atoms with van der Waals surface area (Å²) in [6.07, 6.45) is -0.636. The molecule has 0 radical (unpaired) electrons. The quantitative estimate of drug-likeness (QED) is 0.587. The molecule has 0 aliphatic carbocycles. The van der Waals surface area contributed by atoms with Crippen LogP contribution in [0.25, 0.3) is 0 Å². The molecule has 0 spiro atoms. The standard InChI is InChI=1S/C23H22O3S/c1-16-12-13-19(14-17(16)2)26-21(23(24)25)15-18-8-6-7-11-22(18)27-20-9-4-3-5-10-20/h3-14,21H,15H2,1-2H3,(H,24,25)/t21-/m1/s1. The third kappa shape index (κ3) is 5.14. The lowest BCUT2D eigenvalue weighted by Gasteiger charge is -2.18. The topological polar surface area (TPSA) is 46.5 Å². The molecule has 0 heterocycles. The first-order valence-corrected chi connectivity index (χ1v) is 9.62. The summed E-state index contributed by atoms with van der Waals surface area (Å²) in [7, 11) is 0. The Hall–Kier alpha value is -2.72. The van der Waals surface area contributed by atoms with Gasteiger partial charge in [0.2, 0.25) is 0 Å². The third-order valence-electron chi connectivity index (χ3n) is 4.38. The van der Waals surface area contributed by atoms with Crippen LogP contribution < -0.4 is 4.74 Å². The lowest BCUT2D eigenvalue weighted by Crippen LogP contribution is -2.29. The molecule has 0 bridgehead atoms. The van der Waals surface area contributed by atoms with Crippen LogP contribution in [0.15, 0.2) is 82.6 Å². The fourth-order valence-corrected chi connectivity index (χ4v) is 3.69. The summed E-state index contributed by atoms with van der Waals surface area (Å²) in [5.74, 6) is -0.383. The Balaban J connectivity index is 1.80. The van der Waals surface area contributed by atoms with Crippen LogP contribution in [0.5, 0.6) is 5.75 Å². The highest BCUT2D eigenvalue weighted by Gasteiger charge is 2.22. The normalized spacial score (nSPS) is 11.8.